The highest BCUT2D eigenvalue weighted by molar-refractivity contribution is 7.17. The Morgan fingerprint density at radius 1 is 1.17 bits per heavy atom. The minimum atomic E-state index is -0.251. The summed E-state index contributed by atoms with van der Waals surface area (Å²) in [7, 11) is 1.45. The molecule has 2 aromatic carbocycles. The van der Waals surface area contributed by atoms with Gasteiger partial charge in [0, 0.05) is 46.9 Å². The number of amides is 1. The number of hydroxylamine groups is 1. The van der Waals surface area contributed by atoms with Crippen LogP contribution in [0.15, 0.2) is 53.4 Å². The van der Waals surface area contributed by atoms with Gasteiger partial charge in [0.15, 0.2) is 0 Å². The lowest BCUT2D eigenvalue weighted by atomic mass is 9.96. The molecule has 1 saturated heterocycles. The van der Waals surface area contributed by atoms with Crippen molar-refractivity contribution < 1.29 is 19.0 Å². The van der Waals surface area contributed by atoms with Crippen LogP contribution >= 0.6 is 11.3 Å². The fraction of sp³-hybridized carbons (Fsp3) is 0.357. The first kappa shape index (κ1) is 24.5. The Balaban J connectivity index is 1.55. The lowest BCUT2D eigenvalue weighted by Crippen LogP contribution is -2.38. The van der Waals surface area contributed by atoms with Crippen LogP contribution in [0.4, 0.5) is 0 Å². The lowest BCUT2D eigenvalue weighted by molar-refractivity contribution is -0.421. The number of fused-ring (bicyclic) bond motifs is 2. The SMILES string of the molecule is CC(C)NC(=O)C1=C(c2csc3ccccc23)c2ccc(OCCN3CCOCC3)cc2/C1=[N+](/C)[O-]. The number of thiophene rings is 1. The molecule has 36 heavy (non-hydrogen) atoms. The molecule has 8 heteroatoms. The first-order valence-electron chi connectivity index (χ1n) is 12.3. The number of morpholine rings is 1. The zero-order valence-electron chi connectivity index (χ0n) is 20.9. The summed E-state index contributed by atoms with van der Waals surface area (Å²) in [6, 6.07) is 13.9. The van der Waals surface area contributed by atoms with E-state index in [0.717, 1.165) is 69.9 Å². The van der Waals surface area contributed by atoms with Crippen molar-refractivity contribution in [1.29, 1.82) is 0 Å². The van der Waals surface area contributed by atoms with E-state index in [2.05, 4.69) is 27.7 Å². The van der Waals surface area contributed by atoms with Crippen LogP contribution in [0.5, 0.6) is 5.75 Å². The topological polar surface area (TPSA) is 76.9 Å². The number of hydrogen-bond acceptors (Lipinski definition) is 6. The van der Waals surface area contributed by atoms with E-state index in [0.29, 0.717) is 23.6 Å². The van der Waals surface area contributed by atoms with Crippen molar-refractivity contribution in [2.24, 2.45) is 0 Å². The molecule has 2 aliphatic rings. The standard InChI is InChI=1S/C28H31N3O4S/c1-18(2)29-28(32)26-25(23-17-36-24-7-5-4-6-20(23)24)21-9-8-19(16-22(21)27(26)30(3)33)35-15-12-31-10-13-34-14-11-31/h4-9,16-18H,10-15H2,1-3H3,(H,29,32)/b30-27+. The molecule has 0 bridgehead atoms. The summed E-state index contributed by atoms with van der Waals surface area (Å²) in [5, 5.41) is 19.1. The molecule has 2 heterocycles. The monoisotopic (exact) mass is 505 g/mol. The maximum Gasteiger partial charge on any atom is 0.258 e. The van der Waals surface area contributed by atoms with Gasteiger partial charge >= 0.3 is 0 Å². The normalized spacial score (nSPS) is 17.6. The molecule has 0 spiro atoms. The first-order valence-corrected chi connectivity index (χ1v) is 13.2. The molecule has 1 aromatic heterocycles. The Bertz CT molecular complexity index is 1350. The molecular formula is C28H31N3O4S. The van der Waals surface area contributed by atoms with E-state index >= 15 is 0 Å². The van der Waals surface area contributed by atoms with Crippen LogP contribution in [0.2, 0.25) is 0 Å². The van der Waals surface area contributed by atoms with Gasteiger partial charge < -0.3 is 20.0 Å². The number of rotatable bonds is 7. The minimum Gasteiger partial charge on any atom is -0.624 e. The summed E-state index contributed by atoms with van der Waals surface area (Å²) >= 11 is 1.64. The molecule has 1 amide bonds. The molecule has 1 N–H and O–H groups in total. The molecule has 1 fully saturated rings. The van der Waals surface area contributed by atoms with E-state index in [9.17, 15) is 10.0 Å². The lowest BCUT2D eigenvalue weighted by Gasteiger charge is -2.26. The Morgan fingerprint density at radius 3 is 2.69 bits per heavy atom. The van der Waals surface area contributed by atoms with E-state index in [1.807, 2.05) is 44.2 Å². The third-order valence-electron chi connectivity index (χ3n) is 6.49. The average molecular weight is 506 g/mol. The number of carbonyl (C=O) groups excluding carboxylic acids is 1. The fourth-order valence-corrected chi connectivity index (χ4v) is 5.82. The van der Waals surface area contributed by atoms with E-state index in [-0.39, 0.29) is 11.9 Å². The van der Waals surface area contributed by atoms with Gasteiger partial charge in [-0.1, -0.05) is 18.2 Å². The molecule has 0 saturated carbocycles. The molecule has 0 unspecified atom stereocenters. The predicted molar refractivity (Wildman–Crippen MR) is 144 cm³/mol. The zero-order valence-corrected chi connectivity index (χ0v) is 21.7. The van der Waals surface area contributed by atoms with Crippen LogP contribution in [-0.4, -0.2) is 73.8 Å². The van der Waals surface area contributed by atoms with Gasteiger partial charge in [-0.05, 0) is 49.1 Å². The summed E-state index contributed by atoms with van der Waals surface area (Å²) in [6.45, 7) is 8.50. The zero-order chi connectivity index (χ0) is 25.2. The maximum atomic E-state index is 13.5. The Kier molecular flexibility index (Phi) is 7.09. The third-order valence-corrected chi connectivity index (χ3v) is 7.46. The molecule has 1 aliphatic heterocycles. The van der Waals surface area contributed by atoms with Crippen molar-refractivity contribution in [3.05, 3.63) is 75.3 Å². The largest absolute Gasteiger partial charge is 0.624 e. The van der Waals surface area contributed by atoms with Crippen molar-refractivity contribution in [1.82, 2.24) is 10.2 Å². The van der Waals surface area contributed by atoms with Gasteiger partial charge in [0.1, 0.15) is 25.0 Å². The summed E-state index contributed by atoms with van der Waals surface area (Å²) < 4.78 is 13.4. The highest BCUT2D eigenvalue weighted by Gasteiger charge is 2.39. The number of benzene rings is 2. The van der Waals surface area contributed by atoms with Crippen LogP contribution in [0.25, 0.3) is 15.7 Å². The van der Waals surface area contributed by atoms with E-state index in [4.69, 9.17) is 9.47 Å². The molecule has 0 radical (unpaired) electrons. The molecule has 3 aromatic rings. The number of hydrogen-bond donors (Lipinski definition) is 1. The van der Waals surface area contributed by atoms with Crippen LogP contribution in [0.1, 0.15) is 30.5 Å². The smallest absolute Gasteiger partial charge is 0.258 e. The fourth-order valence-electron chi connectivity index (χ4n) is 4.87. The maximum absolute atomic E-state index is 13.5. The van der Waals surface area contributed by atoms with Crippen LogP contribution in [0, 0.1) is 5.21 Å². The summed E-state index contributed by atoms with van der Waals surface area (Å²) in [4.78, 5) is 15.8. The number of nitrogens with zero attached hydrogens (tertiary/aromatic N) is 2. The molecule has 0 atom stereocenters. The van der Waals surface area contributed by atoms with Gasteiger partial charge in [-0.2, -0.15) is 0 Å². The quantitative estimate of drug-likeness (QED) is 0.300. The van der Waals surface area contributed by atoms with Gasteiger partial charge in [0.25, 0.3) is 5.91 Å². The Labute approximate surface area is 215 Å². The van der Waals surface area contributed by atoms with Gasteiger partial charge in [0.05, 0.1) is 18.8 Å². The van der Waals surface area contributed by atoms with Gasteiger partial charge in [-0.25, -0.2) is 4.74 Å². The molecule has 5 rings (SSSR count). The molecule has 188 valence electrons. The minimum absolute atomic E-state index is 0.0635. The number of ether oxygens (including phenoxy) is 2. The van der Waals surface area contributed by atoms with Crippen LogP contribution < -0.4 is 10.1 Å². The van der Waals surface area contributed by atoms with Crippen molar-refractivity contribution in [3.8, 4) is 5.75 Å². The highest BCUT2D eigenvalue weighted by atomic mass is 32.1. The number of carbonyl (C=O) groups is 1. The predicted octanol–water partition coefficient (Wildman–Crippen LogP) is 3.88. The van der Waals surface area contributed by atoms with Crippen molar-refractivity contribution >= 4 is 38.6 Å². The van der Waals surface area contributed by atoms with Gasteiger partial charge in [0.2, 0.25) is 5.71 Å². The highest BCUT2D eigenvalue weighted by Crippen LogP contribution is 2.43. The van der Waals surface area contributed by atoms with Crippen LogP contribution in [-0.2, 0) is 9.53 Å². The molecule has 1 aliphatic carbocycles. The first-order chi connectivity index (χ1) is 17.4. The molecular weight excluding hydrogens is 474 g/mol. The second-order valence-corrected chi connectivity index (χ2v) is 10.3. The average Bonchev–Trinajstić information content (AvgIpc) is 3.43. The van der Waals surface area contributed by atoms with Crippen molar-refractivity contribution in [2.75, 3.05) is 46.5 Å². The summed E-state index contributed by atoms with van der Waals surface area (Å²) in [6.07, 6.45) is 0. The third kappa shape index (κ3) is 4.76. The Hall–Kier alpha value is -3.20. The number of nitrogens with one attached hydrogen (secondary N) is 1. The van der Waals surface area contributed by atoms with Crippen LogP contribution in [0.3, 0.4) is 0 Å². The second-order valence-electron chi connectivity index (χ2n) is 9.38. The van der Waals surface area contributed by atoms with E-state index in [1.54, 1.807) is 11.3 Å². The van der Waals surface area contributed by atoms with Gasteiger partial charge in [-0.3, -0.25) is 9.69 Å². The van der Waals surface area contributed by atoms with Gasteiger partial charge in [-0.15, -0.1) is 11.3 Å². The van der Waals surface area contributed by atoms with Crippen molar-refractivity contribution in [2.45, 2.75) is 19.9 Å². The Morgan fingerprint density at radius 2 is 1.94 bits per heavy atom. The summed E-state index contributed by atoms with van der Waals surface area (Å²) in [5.41, 5.74) is 4.11. The summed E-state index contributed by atoms with van der Waals surface area (Å²) in [5.74, 6) is 0.431. The molecule has 7 nitrogen and oxygen atoms in total. The van der Waals surface area contributed by atoms with E-state index in [1.165, 1.54) is 7.05 Å². The van der Waals surface area contributed by atoms with E-state index < -0.39 is 0 Å². The van der Waals surface area contributed by atoms with Crippen molar-refractivity contribution in [3.63, 3.8) is 0 Å². The second kappa shape index (κ2) is 10.4.